The highest BCUT2D eigenvalue weighted by Gasteiger charge is 2.27. The first kappa shape index (κ1) is 15.7. The number of nitrogens with one attached hydrogen (secondary N) is 2. The third-order valence-corrected chi connectivity index (χ3v) is 4.18. The van der Waals surface area contributed by atoms with Gasteiger partial charge in [0, 0.05) is 36.2 Å². The molecular formula is C15H23N3O3. The first-order valence-corrected chi connectivity index (χ1v) is 7.48. The highest BCUT2D eigenvalue weighted by atomic mass is 16.3. The molecule has 1 aliphatic rings. The van der Waals surface area contributed by atoms with Gasteiger partial charge in [0.2, 0.25) is 5.91 Å². The van der Waals surface area contributed by atoms with Crippen LogP contribution < -0.4 is 10.9 Å². The number of nitrogens with zero attached hydrogens (tertiary/aromatic N) is 1. The minimum Gasteiger partial charge on any atom is -0.396 e. The van der Waals surface area contributed by atoms with Crippen molar-refractivity contribution in [2.45, 2.75) is 52.0 Å². The summed E-state index contributed by atoms with van der Waals surface area (Å²) in [5, 5.41) is 12.2. The Labute approximate surface area is 124 Å². The van der Waals surface area contributed by atoms with Crippen molar-refractivity contribution in [1.29, 1.82) is 0 Å². The lowest BCUT2D eigenvalue weighted by atomic mass is 10.0. The highest BCUT2D eigenvalue weighted by molar-refractivity contribution is 5.76. The fourth-order valence-electron chi connectivity index (χ4n) is 3.01. The first-order chi connectivity index (χ1) is 10.0. The van der Waals surface area contributed by atoms with E-state index in [0.717, 1.165) is 19.3 Å². The number of carbonyl (C=O) groups is 1. The number of hydrogen-bond donors (Lipinski definition) is 3. The zero-order valence-electron chi connectivity index (χ0n) is 12.6. The molecule has 1 amide bonds. The zero-order chi connectivity index (χ0) is 15.4. The molecule has 3 N–H and O–H groups in total. The number of aliphatic hydroxyl groups is 1. The van der Waals surface area contributed by atoms with Crippen molar-refractivity contribution in [2.75, 3.05) is 6.61 Å². The Morgan fingerprint density at radius 1 is 1.43 bits per heavy atom. The van der Waals surface area contributed by atoms with E-state index in [-0.39, 0.29) is 36.5 Å². The summed E-state index contributed by atoms with van der Waals surface area (Å²) in [5.41, 5.74) is 1.08. The minimum absolute atomic E-state index is 0.0676. The van der Waals surface area contributed by atoms with Gasteiger partial charge in [0.05, 0.1) is 0 Å². The van der Waals surface area contributed by atoms with Gasteiger partial charge in [-0.25, -0.2) is 4.98 Å². The maximum atomic E-state index is 12.0. The molecule has 2 rings (SSSR count). The fourth-order valence-corrected chi connectivity index (χ4v) is 3.01. The second kappa shape index (κ2) is 6.85. The van der Waals surface area contributed by atoms with Crippen LogP contribution in [-0.4, -0.2) is 33.6 Å². The number of carbonyl (C=O) groups excluding carboxylic acids is 1. The quantitative estimate of drug-likeness (QED) is 0.740. The van der Waals surface area contributed by atoms with Gasteiger partial charge < -0.3 is 15.4 Å². The molecule has 0 bridgehead atoms. The van der Waals surface area contributed by atoms with Crippen molar-refractivity contribution in [3.05, 3.63) is 27.4 Å². The number of aromatic amines is 1. The molecule has 1 saturated carbocycles. The molecule has 1 aliphatic carbocycles. The average Bonchev–Trinajstić information content (AvgIpc) is 2.84. The SMILES string of the molecule is Cc1nc(C)c(CCC(=O)NC2CCCC2CO)c(=O)[nH]1. The van der Waals surface area contributed by atoms with Crippen molar-refractivity contribution in [3.8, 4) is 0 Å². The van der Waals surface area contributed by atoms with E-state index in [4.69, 9.17) is 0 Å². The van der Waals surface area contributed by atoms with Crippen molar-refractivity contribution < 1.29 is 9.90 Å². The second-order valence-electron chi connectivity index (χ2n) is 5.76. The van der Waals surface area contributed by atoms with Gasteiger partial charge >= 0.3 is 0 Å². The van der Waals surface area contributed by atoms with Crippen LogP contribution in [0, 0.1) is 19.8 Å². The molecule has 0 aliphatic heterocycles. The van der Waals surface area contributed by atoms with Crippen molar-refractivity contribution in [2.24, 2.45) is 5.92 Å². The van der Waals surface area contributed by atoms with E-state index < -0.39 is 0 Å². The van der Waals surface area contributed by atoms with E-state index in [2.05, 4.69) is 15.3 Å². The summed E-state index contributed by atoms with van der Waals surface area (Å²) < 4.78 is 0. The summed E-state index contributed by atoms with van der Waals surface area (Å²) in [6, 6.07) is 0.0676. The van der Waals surface area contributed by atoms with Gasteiger partial charge in [0.25, 0.3) is 5.56 Å². The summed E-state index contributed by atoms with van der Waals surface area (Å²) in [7, 11) is 0. The number of aromatic nitrogens is 2. The molecule has 1 heterocycles. The smallest absolute Gasteiger partial charge is 0.254 e. The van der Waals surface area contributed by atoms with Crippen molar-refractivity contribution in [3.63, 3.8) is 0 Å². The minimum atomic E-state index is -0.165. The first-order valence-electron chi connectivity index (χ1n) is 7.48. The van der Waals surface area contributed by atoms with E-state index in [1.54, 1.807) is 13.8 Å². The van der Waals surface area contributed by atoms with Crippen LogP contribution >= 0.6 is 0 Å². The average molecular weight is 293 g/mol. The Hall–Kier alpha value is -1.69. The van der Waals surface area contributed by atoms with Crippen LogP contribution in [0.15, 0.2) is 4.79 Å². The second-order valence-corrected chi connectivity index (χ2v) is 5.76. The molecule has 2 unspecified atom stereocenters. The van der Waals surface area contributed by atoms with Gasteiger partial charge in [-0.1, -0.05) is 6.42 Å². The van der Waals surface area contributed by atoms with Crippen LogP contribution in [0.2, 0.25) is 0 Å². The molecule has 0 aromatic carbocycles. The molecule has 6 nitrogen and oxygen atoms in total. The summed E-state index contributed by atoms with van der Waals surface area (Å²) in [6.45, 7) is 3.64. The number of aryl methyl sites for hydroxylation is 2. The van der Waals surface area contributed by atoms with Gasteiger partial charge in [0.15, 0.2) is 0 Å². The summed E-state index contributed by atoms with van der Waals surface area (Å²) >= 11 is 0. The zero-order valence-corrected chi connectivity index (χ0v) is 12.6. The van der Waals surface area contributed by atoms with E-state index in [0.29, 0.717) is 23.5 Å². The lowest BCUT2D eigenvalue weighted by Gasteiger charge is -2.19. The lowest BCUT2D eigenvalue weighted by molar-refractivity contribution is -0.122. The van der Waals surface area contributed by atoms with Gasteiger partial charge in [-0.15, -0.1) is 0 Å². The highest BCUT2D eigenvalue weighted by Crippen LogP contribution is 2.25. The molecule has 21 heavy (non-hydrogen) atoms. The third-order valence-electron chi connectivity index (χ3n) is 4.18. The molecule has 0 spiro atoms. The largest absolute Gasteiger partial charge is 0.396 e. The van der Waals surface area contributed by atoms with E-state index >= 15 is 0 Å². The molecule has 0 radical (unpaired) electrons. The normalized spacial score (nSPS) is 21.5. The van der Waals surface area contributed by atoms with Gasteiger partial charge in [-0.2, -0.15) is 0 Å². The summed E-state index contributed by atoms with van der Waals surface area (Å²) in [5.74, 6) is 0.683. The predicted molar refractivity (Wildman–Crippen MR) is 79.0 cm³/mol. The molecule has 1 aromatic rings. The Morgan fingerprint density at radius 2 is 2.19 bits per heavy atom. The number of rotatable bonds is 5. The molecular weight excluding hydrogens is 270 g/mol. The lowest BCUT2D eigenvalue weighted by Crippen LogP contribution is -2.38. The van der Waals surface area contributed by atoms with Gasteiger partial charge in [-0.3, -0.25) is 9.59 Å². The Kier molecular flexibility index (Phi) is 5.12. The third kappa shape index (κ3) is 3.91. The van der Waals surface area contributed by atoms with E-state index in [1.165, 1.54) is 0 Å². The number of H-pyrrole nitrogens is 1. The Morgan fingerprint density at radius 3 is 2.86 bits per heavy atom. The molecule has 2 atom stereocenters. The summed E-state index contributed by atoms with van der Waals surface area (Å²) in [4.78, 5) is 30.7. The van der Waals surface area contributed by atoms with Crippen LogP contribution in [0.1, 0.15) is 42.8 Å². The Bertz CT molecular complexity index is 568. The maximum absolute atomic E-state index is 12.0. The topological polar surface area (TPSA) is 95.1 Å². The van der Waals surface area contributed by atoms with Gasteiger partial charge in [-0.05, 0) is 33.1 Å². The van der Waals surface area contributed by atoms with E-state index in [9.17, 15) is 14.7 Å². The Balaban J connectivity index is 1.91. The summed E-state index contributed by atoms with van der Waals surface area (Å²) in [6.07, 6.45) is 3.57. The molecule has 1 fully saturated rings. The molecule has 0 saturated heterocycles. The van der Waals surface area contributed by atoms with Gasteiger partial charge in [0.1, 0.15) is 5.82 Å². The van der Waals surface area contributed by atoms with Crippen molar-refractivity contribution in [1.82, 2.24) is 15.3 Å². The monoisotopic (exact) mass is 293 g/mol. The predicted octanol–water partition coefficient (Wildman–Crippen LogP) is 0.597. The van der Waals surface area contributed by atoms with Crippen LogP contribution in [0.25, 0.3) is 0 Å². The van der Waals surface area contributed by atoms with E-state index in [1.807, 2.05) is 0 Å². The van der Waals surface area contributed by atoms with Crippen LogP contribution in [0.4, 0.5) is 0 Å². The van der Waals surface area contributed by atoms with Crippen molar-refractivity contribution >= 4 is 5.91 Å². The number of amides is 1. The fraction of sp³-hybridized carbons (Fsp3) is 0.667. The maximum Gasteiger partial charge on any atom is 0.254 e. The number of hydrogen-bond acceptors (Lipinski definition) is 4. The van der Waals surface area contributed by atoms with Crippen LogP contribution in [-0.2, 0) is 11.2 Å². The van der Waals surface area contributed by atoms with Crippen LogP contribution in [0.3, 0.4) is 0 Å². The number of aliphatic hydroxyl groups excluding tert-OH is 1. The van der Waals surface area contributed by atoms with Crippen LogP contribution in [0.5, 0.6) is 0 Å². The molecule has 6 heteroatoms. The molecule has 1 aromatic heterocycles. The molecule has 116 valence electrons. The standard InChI is InChI=1S/C15H23N3O3/c1-9-12(15(21)17-10(2)16-9)6-7-14(20)18-13-5-3-4-11(13)8-19/h11,13,19H,3-8H2,1-2H3,(H,18,20)(H,16,17,21).